The Hall–Kier alpha value is -5.85. The lowest BCUT2D eigenvalue weighted by molar-refractivity contribution is -0.137. The number of ether oxygens (including phenoxy) is 2. The van der Waals surface area contributed by atoms with Gasteiger partial charge in [0.1, 0.15) is 17.5 Å². The molecular weight excluding hydrogens is 750 g/mol. The number of alkyl halides is 3. The summed E-state index contributed by atoms with van der Waals surface area (Å²) in [4.78, 5) is 57.5. The van der Waals surface area contributed by atoms with Crippen LogP contribution in [0.2, 0.25) is 0 Å². The minimum Gasteiger partial charge on any atom is -0.378 e. The van der Waals surface area contributed by atoms with Crippen molar-refractivity contribution in [3.8, 4) is 11.4 Å². The van der Waals surface area contributed by atoms with Crippen molar-refractivity contribution in [2.24, 2.45) is 0 Å². The summed E-state index contributed by atoms with van der Waals surface area (Å²) in [6.45, 7) is 4.44. The number of carbonyl (C=O) groups is 2. The number of halogens is 4. The molecule has 0 aliphatic carbocycles. The monoisotopic (exact) mass is 786 g/mol. The summed E-state index contributed by atoms with van der Waals surface area (Å²) in [5, 5.41) is 10.2. The molecule has 6 heterocycles. The Morgan fingerprint density at radius 3 is 2.54 bits per heavy atom. The SMILES string of the molecule is O=C(CN1C[CH]OCC1)Nc1cc(C(F)(F)F)c(-c2nc3c(c(N4CCOCC4)n2)CCN(C(=O)c2cc(Cc4n[nH]c(=O)c5ccccc45)ccc2F)C3)cn1. The van der Waals surface area contributed by atoms with Gasteiger partial charge < -0.3 is 24.6 Å². The molecule has 3 aliphatic rings. The number of benzene rings is 2. The maximum atomic E-state index is 15.4. The van der Waals surface area contributed by atoms with Crippen molar-refractivity contribution < 1.29 is 36.6 Å². The summed E-state index contributed by atoms with van der Waals surface area (Å²) in [5.74, 6) is -2.04. The normalized spacial score (nSPS) is 16.4. The molecule has 14 nitrogen and oxygen atoms in total. The molecule has 3 aliphatic heterocycles. The van der Waals surface area contributed by atoms with Crippen LogP contribution in [0.25, 0.3) is 22.2 Å². The summed E-state index contributed by atoms with van der Waals surface area (Å²) >= 11 is 0. The number of carbonyl (C=O) groups excluding carboxylic acids is 2. The standard InChI is InChI=1S/C39H36F4N9O5/c40-30-6-5-23(18-31-24-3-1-2-4-25(24)37(54)49-48-31)17-27(30)38(55)52-8-7-26-32(21-52)45-35(47-36(26)51-11-15-57-16-12-51)28-20-44-33(19-29(28)39(41,42)43)46-34(53)22-50-9-13-56-14-10-50/h1-6,13,17,19-20H,7-12,14-16,18,21-22H2,(H,49,54)(H,44,46,53). The number of aromatic nitrogens is 5. The highest BCUT2D eigenvalue weighted by atomic mass is 19.4. The van der Waals surface area contributed by atoms with Crippen LogP contribution in [0, 0.1) is 12.4 Å². The summed E-state index contributed by atoms with van der Waals surface area (Å²) in [6, 6.07) is 11.9. The molecule has 295 valence electrons. The molecule has 0 atom stereocenters. The maximum absolute atomic E-state index is 15.4. The number of nitrogens with zero attached hydrogens (tertiary/aromatic N) is 7. The van der Waals surface area contributed by atoms with Crippen LogP contribution in [0.1, 0.15) is 38.4 Å². The number of hydrogen-bond donors (Lipinski definition) is 2. The number of H-pyrrole nitrogens is 1. The van der Waals surface area contributed by atoms with Crippen LogP contribution in [-0.4, -0.2) is 106 Å². The lowest BCUT2D eigenvalue weighted by Crippen LogP contribution is -2.41. The van der Waals surface area contributed by atoms with Gasteiger partial charge in [-0.15, -0.1) is 0 Å². The van der Waals surface area contributed by atoms with Gasteiger partial charge in [0.05, 0.1) is 67.4 Å². The van der Waals surface area contributed by atoms with Gasteiger partial charge in [0.2, 0.25) is 5.91 Å². The van der Waals surface area contributed by atoms with Crippen LogP contribution in [-0.2, 0) is 39.8 Å². The van der Waals surface area contributed by atoms with Crippen LogP contribution in [0.5, 0.6) is 0 Å². The zero-order valence-corrected chi connectivity index (χ0v) is 30.4. The van der Waals surface area contributed by atoms with Gasteiger partial charge in [-0.1, -0.05) is 24.3 Å². The van der Waals surface area contributed by atoms with E-state index in [4.69, 9.17) is 9.47 Å². The van der Waals surface area contributed by atoms with Crippen LogP contribution in [0.15, 0.2) is 59.5 Å². The van der Waals surface area contributed by atoms with Crippen molar-refractivity contribution >= 4 is 34.2 Å². The molecule has 8 rings (SSSR count). The molecule has 3 aromatic heterocycles. The highest BCUT2D eigenvalue weighted by Gasteiger charge is 2.37. The average molecular weight is 787 g/mol. The van der Waals surface area contributed by atoms with Gasteiger partial charge in [-0.25, -0.2) is 24.4 Å². The van der Waals surface area contributed by atoms with Gasteiger partial charge in [-0.3, -0.25) is 19.3 Å². The summed E-state index contributed by atoms with van der Waals surface area (Å²) in [6.07, 6.45) is -3.43. The van der Waals surface area contributed by atoms with E-state index in [-0.39, 0.29) is 55.2 Å². The van der Waals surface area contributed by atoms with Gasteiger partial charge in [-0.05, 0) is 36.2 Å². The first-order valence-corrected chi connectivity index (χ1v) is 18.3. The van der Waals surface area contributed by atoms with Crippen LogP contribution >= 0.6 is 0 Å². The quantitative estimate of drug-likeness (QED) is 0.219. The fourth-order valence-electron chi connectivity index (χ4n) is 7.24. The molecule has 2 N–H and O–H groups in total. The number of pyridine rings is 1. The van der Waals surface area contributed by atoms with E-state index in [2.05, 4.69) is 30.5 Å². The first-order valence-electron chi connectivity index (χ1n) is 18.3. The number of nitrogens with one attached hydrogen (secondary N) is 2. The van der Waals surface area contributed by atoms with E-state index in [1.54, 1.807) is 41.8 Å². The summed E-state index contributed by atoms with van der Waals surface area (Å²) in [7, 11) is 0. The number of hydrogen-bond acceptors (Lipinski definition) is 11. The molecule has 57 heavy (non-hydrogen) atoms. The van der Waals surface area contributed by atoms with Crippen LogP contribution < -0.4 is 15.8 Å². The molecule has 2 aromatic carbocycles. The van der Waals surface area contributed by atoms with Crippen LogP contribution in [0.4, 0.5) is 29.2 Å². The fourth-order valence-corrected chi connectivity index (χ4v) is 7.24. The van der Waals surface area contributed by atoms with Gasteiger partial charge in [0, 0.05) is 61.9 Å². The van der Waals surface area contributed by atoms with Gasteiger partial charge in [0.15, 0.2) is 5.82 Å². The summed E-state index contributed by atoms with van der Waals surface area (Å²) < 4.78 is 70.2. The third kappa shape index (κ3) is 8.19. The highest BCUT2D eigenvalue weighted by molar-refractivity contribution is 5.95. The zero-order valence-electron chi connectivity index (χ0n) is 30.4. The molecule has 5 aromatic rings. The summed E-state index contributed by atoms with van der Waals surface area (Å²) in [5.41, 5.74) is 0.0442. The smallest absolute Gasteiger partial charge is 0.378 e. The second-order valence-electron chi connectivity index (χ2n) is 13.8. The van der Waals surface area contributed by atoms with Crippen molar-refractivity contribution in [2.45, 2.75) is 25.6 Å². The Labute approximate surface area is 322 Å². The van der Waals surface area contributed by atoms with Crippen molar-refractivity contribution in [1.29, 1.82) is 0 Å². The average Bonchev–Trinajstić information content (AvgIpc) is 3.22. The van der Waals surface area contributed by atoms with Crippen molar-refractivity contribution in [2.75, 3.05) is 69.3 Å². The molecule has 0 spiro atoms. The number of rotatable bonds is 8. The van der Waals surface area contributed by atoms with Crippen LogP contribution in [0.3, 0.4) is 0 Å². The van der Waals surface area contributed by atoms with E-state index in [0.717, 1.165) is 12.3 Å². The number of aromatic amines is 1. The molecule has 18 heteroatoms. The second-order valence-corrected chi connectivity index (χ2v) is 13.8. The Morgan fingerprint density at radius 1 is 0.965 bits per heavy atom. The first-order chi connectivity index (χ1) is 27.5. The minimum atomic E-state index is -4.88. The van der Waals surface area contributed by atoms with E-state index >= 15 is 4.39 Å². The van der Waals surface area contributed by atoms with Gasteiger partial charge in [0.25, 0.3) is 11.5 Å². The Balaban J connectivity index is 1.10. The number of morpholine rings is 2. The third-order valence-corrected chi connectivity index (χ3v) is 10.1. The number of amides is 2. The highest BCUT2D eigenvalue weighted by Crippen LogP contribution is 2.39. The molecule has 0 bridgehead atoms. The zero-order chi connectivity index (χ0) is 39.7. The number of anilines is 2. The van der Waals surface area contributed by atoms with E-state index in [0.29, 0.717) is 85.1 Å². The topological polar surface area (TPSA) is 159 Å². The Bertz CT molecular complexity index is 2400. The predicted molar refractivity (Wildman–Crippen MR) is 199 cm³/mol. The third-order valence-electron chi connectivity index (χ3n) is 10.1. The van der Waals surface area contributed by atoms with Gasteiger partial charge in [-0.2, -0.15) is 18.3 Å². The van der Waals surface area contributed by atoms with Crippen molar-refractivity contribution in [3.05, 3.63) is 111 Å². The second kappa shape index (κ2) is 16.0. The minimum absolute atomic E-state index is 0.0611. The van der Waals surface area contributed by atoms with E-state index in [1.165, 1.54) is 17.0 Å². The molecule has 2 fully saturated rings. The maximum Gasteiger partial charge on any atom is 0.417 e. The van der Waals surface area contributed by atoms with Crippen molar-refractivity contribution in [1.82, 2.24) is 34.9 Å². The fraction of sp³-hybridized carbons (Fsp3) is 0.333. The molecule has 1 radical (unpaired) electrons. The molecule has 2 saturated heterocycles. The Morgan fingerprint density at radius 2 is 1.77 bits per heavy atom. The molecule has 0 saturated carbocycles. The largest absolute Gasteiger partial charge is 0.417 e. The van der Waals surface area contributed by atoms with E-state index < -0.39 is 34.9 Å². The lowest BCUT2D eigenvalue weighted by Gasteiger charge is -2.34. The molecule has 0 unspecified atom stereocenters. The molecular formula is C39H36F4N9O5. The number of fused-ring (bicyclic) bond motifs is 2. The Kier molecular flexibility index (Phi) is 10.6. The van der Waals surface area contributed by atoms with E-state index in [1.807, 2.05) is 4.90 Å². The predicted octanol–water partition coefficient (Wildman–Crippen LogP) is 3.99. The van der Waals surface area contributed by atoms with Crippen molar-refractivity contribution in [3.63, 3.8) is 0 Å². The lowest BCUT2D eigenvalue weighted by atomic mass is 10.00. The van der Waals surface area contributed by atoms with Gasteiger partial charge >= 0.3 is 6.18 Å². The molecule has 2 amide bonds. The van der Waals surface area contributed by atoms with E-state index in [9.17, 15) is 27.6 Å². The first kappa shape index (κ1) is 38.0.